The van der Waals surface area contributed by atoms with Crippen LogP contribution in [0.5, 0.6) is 0 Å². The van der Waals surface area contributed by atoms with Crippen LogP contribution in [-0.4, -0.2) is 5.11 Å². The van der Waals surface area contributed by atoms with E-state index in [1.165, 1.54) is 16.7 Å². The van der Waals surface area contributed by atoms with Gasteiger partial charge in [-0.05, 0) is 40.3 Å². The summed E-state index contributed by atoms with van der Waals surface area (Å²) in [6.45, 7) is 2.00. The Balaban J connectivity index is 2.18. The van der Waals surface area contributed by atoms with E-state index in [2.05, 4.69) is 48.5 Å². The smallest absolute Gasteiger partial charge is 0.0787 e. The van der Waals surface area contributed by atoms with Crippen molar-refractivity contribution in [2.24, 2.45) is 0 Å². The second kappa shape index (κ2) is 6.59. The van der Waals surface area contributed by atoms with Gasteiger partial charge in [-0.15, -0.1) is 0 Å². The van der Waals surface area contributed by atoms with Crippen LogP contribution in [0.4, 0.5) is 0 Å². The minimum atomic E-state index is -0.410. The minimum absolute atomic E-state index is 0.410. The predicted molar refractivity (Wildman–Crippen MR) is 92.6 cm³/mol. The second-order valence-corrected chi connectivity index (χ2v) is 5.46. The Hall–Kier alpha value is -2.38. The second-order valence-electron chi connectivity index (χ2n) is 5.46. The Morgan fingerprint density at radius 1 is 0.727 bits per heavy atom. The lowest BCUT2D eigenvalue weighted by molar-refractivity contribution is 0.174. The summed E-state index contributed by atoms with van der Waals surface area (Å²) in [7, 11) is 0. The molecule has 22 heavy (non-hydrogen) atoms. The highest BCUT2D eigenvalue weighted by Gasteiger charge is 2.11. The maximum atomic E-state index is 10.2. The molecule has 1 nitrogen and oxygen atoms in total. The van der Waals surface area contributed by atoms with E-state index in [4.69, 9.17) is 0 Å². The average molecular weight is 288 g/mol. The highest BCUT2D eigenvalue weighted by molar-refractivity contribution is 5.83. The summed E-state index contributed by atoms with van der Waals surface area (Å²) in [4.78, 5) is 0. The zero-order valence-electron chi connectivity index (χ0n) is 12.7. The number of benzene rings is 3. The van der Waals surface area contributed by atoms with Crippen LogP contribution in [-0.2, 0) is 0 Å². The molecule has 0 radical (unpaired) electrons. The molecule has 0 saturated heterocycles. The van der Waals surface area contributed by atoms with Crippen molar-refractivity contribution in [2.75, 3.05) is 0 Å². The molecule has 1 N–H and O–H groups in total. The van der Waals surface area contributed by atoms with Gasteiger partial charge in [-0.25, -0.2) is 0 Å². The van der Waals surface area contributed by atoms with Gasteiger partial charge in [0.2, 0.25) is 0 Å². The first-order valence-electron chi connectivity index (χ1n) is 7.72. The molecule has 0 fully saturated rings. The standard InChI is InChI=1S/C21H20O/c1-2-21(22)18-13-14-19(16-9-5-3-6-10-16)20(15-18)17-11-7-4-8-12-17/h3-15,21-22H,2H2,1H3/t21-/m0/s1. The molecular formula is C21H20O. The molecule has 0 aliphatic carbocycles. The van der Waals surface area contributed by atoms with E-state index in [9.17, 15) is 5.11 Å². The van der Waals surface area contributed by atoms with Crippen LogP contribution in [0.2, 0.25) is 0 Å². The maximum absolute atomic E-state index is 10.2. The van der Waals surface area contributed by atoms with Gasteiger partial charge in [-0.3, -0.25) is 0 Å². The van der Waals surface area contributed by atoms with E-state index < -0.39 is 6.10 Å². The van der Waals surface area contributed by atoms with Crippen molar-refractivity contribution in [1.29, 1.82) is 0 Å². The predicted octanol–water partition coefficient (Wildman–Crippen LogP) is 5.46. The molecule has 0 aliphatic heterocycles. The minimum Gasteiger partial charge on any atom is -0.388 e. The lowest BCUT2D eigenvalue weighted by Gasteiger charge is -2.15. The van der Waals surface area contributed by atoms with Crippen LogP contribution in [0.1, 0.15) is 25.0 Å². The molecule has 0 amide bonds. The first kappa shape index (κ1) is 14.6. The number of aliphatic hydroxyl groups excluding tert-OH is 1. The Kier molecular flexibility index (Phi) is 4.36. The van der Waals surface area contributed by atoms with E-state index in [0.29, 0.717) is 0 Å². The topological polar surface area (TPSA) is 20.2 Å². The Morgan fingerprint density at radius 3 is 1.82 bits per heavy atom. The van der Waals surface area contributed by atoms with Gasteiger partial charge in [0.1, 0.15) is 0 Å². The van der Waals surface area contributed by atoms with Crippen molar-refractivity contribution in [1.82, 2.24) is 0 Å². The highest BCUT2D eigenvalue weighted by Crippen LogP contribution is 2.34. The summed E-state index contributed by atoms with van der Waals surface area (Å²) in [5.74, 6) is 0. The van der Waals surface area contributed by atoms with Crippen molar-refractivity contribution in [3.05, 3.63) is 84.4 Å². The first-order chi connectivity index (χ1) is 10.8. The SMILES string of the molecule is CC[C@H](O)c1ccc(-c2ccccc2)c(-c2ccccc2)c1. The molecule has 0 saturated carbocycles. The lowest BCUT2D eigenvalue weighted by atomic mass is 9.91. The van der Waals surface area contributed by atoms with Crippen molar-refractivity contribution >= 4 is 0 Å². The van der Waals surface area contributed by atoms with Gasteiger partial charge in [0.05, 0.1) is 6.10 Å². The fourth-order valence-electron chi connectivity index (χ4n) is 2.73. The highest BCUT2D eigenvalue weighted by atomic mass is 16.3. The number of hydrogen-bond acceptors (Lipinski definition) is 1. The van der Waals surface area contributed by atoms with Crippen molar-refractivity contribution in [3.63, 3.8) is 0 Å². The largest absolute Gasteiger partial charge is 0.388 e. The molecule has 0 aliphatic rings. The van der Waals surface area contributed by atoms with E-state index in [1.54, 1.807) is 0 Å². The number of rotatable bonds is 4. The molecule has 0 bridgehead atoms. The molecule has 3 aromatic rings. The van der Waals surface area contributed by atoms with Gasteiger partial charge in [0.15, 0.2) is 0 Å². The summed E-state index contributed by atoms with van der Waals surface area (Å²) in [6.07, 6.45) is 0.311. The third-order valence-corrected chi connectivity index (χ3v) is 3.98. The monoisotopic (exact) mass is 288 g/mol. The molecule has 110 valence electrons. The summed E-state index contributed by atoms with van der Waals surface area (Å²) >= 11 is 0. The van der Waals surface area contributed by atoms with Crippen molar-refractivity contribution < 1.29 is 5.11 Å². The zero-order valence-corrected chi connectivity index (χ0v) is 12.7. The Morgan fingerprint density at radius 2 is 1.27 bits per heavy atom. The fourth-order valence-corrected chi connectivity index (χ4v) is 2.73. The first-order valence-corrected chi connectivity index (χ1v) is 7.72. The normalized spacial score (nSPS) is 12.1. The van der Waals surface area contributed by atoms with Crippen molar-refractivity contribution in [2.45, 2.75) is 19.4 Å². The lowest BCUT2D eigenvalue weighted by Crippen LogP contribution is -1.96. The molecule has 0 unspecified atom stereocenters. The van der Waals surface area contributed by atoms with Crippen LogP contribution in [0.3, 0.4) is 0 Å². The van der Waals surface area contributed by atoms with Crippen LogP contribution < -0.4 is 0 Å². The molecule has 3 rings (SSSR count). The van der Waals surface area contributed by atoms with Crippen LogP contribution in [0, 0.1) is 0 Å². The van der Waals surface area contributed by atoms with Gasteiger partial charge in [0, 0.05) is 0 Å². The third kappa shape index (κ3) is 2.95. The van der Waals surface area contributed by atoms with Crippen LogP contribution in [0.25, 0.3) is 22.3 Å². The molecule has 1 heteroatoms. The molecular weight excluding hydrogens is 268 g/mol. The number of hydrogen-bond donors (Lipinski definition) is 1. The summed E-state index contributed by atoms with van der Waals surface area (Å²) in [5, 5.41) is 10.2. The van der Waals surface area contributed by atoms with E-state index in [-0.39, 0.29) is 0 Å². The molecule has 3 aromatic carbocycles. The molecule has 1 atom stereocenters. The van der Waals surface area contributed by atoms with E-state index in [0.717, 1.165) is 17.5 Å². The van der Waals surface area contributed by atoms with Gasteiger partial charge < -0.3 is 5.11 Å². The third-order valence-electron chi connectivity index (χ3n) is 3.98. The summed E-state index contributed by atoms with van der Waals surface area (Å²) in [6, 6.07) is 27.0. The summed E-state index contributed by atoms with van der Waals surface area (Å²) < 4.78 is 0. The van der Waals surface area contributed by atoms with Crippen molar-refractivity contribution in [3.8, 4) is 22.3 Å². The Bertz CT molecular complexity index is 732. The quantitative estimate of drug-likeness (QED) is 0.675. The van der Waals surface area contributed by atoms with Gasteiger partial charge in [0.25, 0.3) is 0 Å². The molecule has 0 spiro atoms. The van der Waals surface area contributed by atoms with Crippen LogP contribution in [0.15, 0.2) is 78.9 Å². The average Bonchev–Trinajstić information content (AvgIpc) is 2.62. The van der Waals surface area contributed by atoms with Gasteiger partial charge in [-0.2, -0.15) is 0 Å². The fraction of sp³-hybridized carbons (Fsp3) is 0.143. The van der Waals surface area contributed by atoms with E-state index in [1.807, 2.05) is 37.3 Å². The Labute approximate surface area is 131 Å². The maximum Gasteiger partial charge on any atom is 0.0787 e. The van der Waals surface area contributed by atoms with Gasteiger partial charge >= 0.3 is 0 Å². The number of aliphatic hydroxyl groups is 1. The molecule has 0 heterocycles. The van der Waals surface area contributed by atoms with Gasteiger partial charge in [-0.1, -0.05) is 79.7 Å². The zero-order chi connectivity index (χ0) is 15.4. The molecule has 0 aromatic heterocycles. The summed E-state index contributed by atoms with van der Waals surface area (Å²) in [5.41, 5.74) is 5.70. The van der Waals surface area contributed by atoms with E-state index >= 15 is 0 Å². The van der Waals surface area contributed by atoms with Crippen LogP contribution >= 0.6 is 0 Å².